The topological polar surface area (TPSA) is 116 Å². The van der Waals surface area contributed by atoms with Gasteiger partial charge in [0.1, 0.15) is 11.7 Å². The van der Waals surface area contributed by atoms with Gasteiger partial charge in [-0.3, -0.25) is 14.7 Å². The molecule has 0 radical (unpaired) electrons. The summed E-state index contributed by atoms with van der Waals surface area (Å²) in [4.78, 5) is 38.8. The molecule has 1 fully saturated rings. The number of halogens is 1. The van der Waals surface area contributed by atoms with Crippen molar-refractivity contribution in [2.24, 2.45) is 0 Å². The molecular formula is C30H32FN7O3. The Morgan fingerprint density at radius 1 is 1.15 bits per heavy atom. The molecule has 1 N–H and O–H groups in total. The minimum atomic E-state index is -0.602. The van der Waals surface area contributed by atoms with E-state index in [2.05, 4.69) is 26.3 Å². The second-order valence-electron chi connectivity index (χ2n) is 11.5. The standard InChI is InChI=1S/C30H32FN7O3/c1-17-13-37-16-21(10-24(31)27(37)34-17)35-28(39)22-7-8-25(23-9-20(11-32)12-33-26(22)23)36-14-18(2)38(19(3)15-36)29(40)41-30(4,5)6/h7-10,12-13,16,18-19H,14-15H2,1-6H3,(H,35,39)/t18-,19+. The summed E-state index contributed by atoms with van der Waals surface area (Å²) in [5.41, 5.74) is 2.34. The maximum absolute atomic E-state index is 14.6. The molecule has 212 valence electrons. The zero-order valence-electron chi connectivity index (χ0n) is 23.9. The number of pyridine rings is 2. The summed E-state index contributed by atoms with van der Waals surface area (Å²) in [6.07, 6.45) is 4.34. The quantitative estimate of drug-likeness (QED) is 0.364. The molecule has 3 aromatic heterocycles. The fourth-order valence-electron chi connectivity index (χ4n) is 5.37. The second kappa shape index (κ2) is 10.4. The van der Waals surface area contributed by atoms with Crippen LogP contribution in [0, 0.1) is 24.1 Å². The number of anilines is 2. The van der Waals surface area contributed by atoms with Crippen molar-refractivity contribution >= 4 is 39.9 Å². The molecule has 4 aromatic rings. The molecule has 4 heterocycles. The third-order valence-corrected chi connectivity index (χ3v) is 6.95. The SMILES string of the molecule is Cc1cn2cc(NC(=O)c3ccc(N4C[C@@H](C)N(C(=O)OC(C)(C)C)[C@@H](C)C4)c4cc(C#N)cnc34)cc(F)c2n1. The number of nitrogens with one attached hydrogen (secondary N) is 1. The number of piperazine rings is 1. The first-order valence-electron chi connectivity index (χ1n) is 13.4. The maximum atomic E-state index is 14.6. The van der Waals surface area contributed by atoms with Gasteiger partial charge in [-0.15, -0.1) is 0 Å². The number of amides is 2. The number of rotatable bonds is 3. The number of carbonyl (C=O) groups is 2. The van der Waals surface area contributed by atoms with E-state index in [1.165, 1.54) is 16.7 Å². The molecule has 5 rings (SSSR count). The van der Waals surface area contributed by atoms with E-state index in [1.54, 1.807) is 36.4 Å². The van der Waals surface area contributed by atoms with E-state index >= 15 is 0 Å². The van der Waals surface area contributed by atoms with Crippen LogP contribution >= 0.6 is 0 Å². The maximum Gasteiger partial charge on any atom is 0.410 e. The van der Waals surface area contributed by atoms with Crippen LogP contribution in [0.3, 0.4) is 0 Å². The largest absolute Gasteiger partial charge is 0.444 e. The van der Waals surface area contributed by atoms with Crippen LogP contribution in [-0.4, -0.2) is 62.0 Å². The molecule has 0 unspecified atom stereocenters. The number of carbonyl (C=O) groups excluding carboxylic acids is 2. The highest BCUT2D eigenvalue weighted by Gasteiger charge is 2.36. The van der Waals surface area contributed by atoms with Crippen molar-refractivity contribution < 1.29 is 18.7 Å². The van der Waals surface area contributed by atoms with Gasteiger partial charge in [0.2, 0.25) is 0 Å². The summed E-state index contributed by atoms with van der Waals surface area (Å²) in [5, 5.41) is 13.0. The Kier molecular flexibility index (Phi) is 7.03. The van der Waals surface area contributed by atoms with Crippen molar-refractivity contribution in [1.82, 2.24) is 19.3 Å². The molecule has 1 saturated heterocycles. The number of imidazole rings is 1. The van der Waals surface area contributed by atoms with E-state index in [-0.39, 0.29) is 35.1 Å². The van der Waals surface area contributed by atoms with Crippen LogP contribution in [0.25, 0.3) is 16.6 Å². The van der Waals surface area contributed by atoms with E-state index in [4.69, 9.17) is 4.74 Å². The highest BCUT2D eigenvalue weighted by Crippen LogP contribution is 2.33. The lowest BCUT2D eigenvalue weighted by molar-refractivity contribution is 0.00567. The van der Waals surface area contributed by atoms with Crippen LogP contribution in [0.1, 0.15) is 56.2 Å². The van der Waals surface area contributed by atoms with Gasteiger partial charge in [0, 0.05) is 48.8 Å². The summed E-state index contributed by atoms with van der Waals surface area (Å²) in [5.74, 6) is -1.02. The Morgan fingerprint density at radius 2 is 1.85 bits per heavy atom. The molecule has 2 amide bonds. The fourth-order valence-corrected chi connectivity index (χ4v) is 5.37. The molecule has 10 nitrogen and oxygen atoms in total. The third kappa shape index (κ3) is 5.50. The number of nitriles is 1. The highest BCUT2D eigenvalue weighted by molar-refractivity contribution is 6.14. The van der Waals surface area contributed by atoms with Gasteiger partial charge in [-0.1, -0.05) is 0 Å². The lowest BCUT2D eigenvalue weighted by atomic mass is 10.0. The summed E-state index contributed by atoms with van der Waals surface area (Å²) >= 11 is 0. The average Bonchev–Trinajstić information content (AvgIpc) is 3.26. The van der Waals surface area contributed by atoms with Crippen molar-refractivity contribution in [2.75, 3.05) is 23.3 Å². The van der Waals surface area contributed by atoms with E-state index < -0.39 is 17.3 Å². The first kappa shape index (κ1) is 27.8. The molecule has 0 saturated carbocycles. The Hall–Kier alpha value is -4.72. The van der Waals surface area contributed by atoms with Gasteiger partial charge >= 0.3 is 6.09 Å². The van der Waals surface area contributed by atoms with Crippen LogP contribution < -0.4 is 10.2 Å². The molecule has 1 aliphatic rings. The molecule has 11 heteroatoms. The predicted octanol–water partition coefficient (Wildman–Crippen LogP) is 5.29. The molecule has 0 bridgehead atoms. The summed E-state index contributed by atoms with van der Waals surface area (Å²) in [7, 11) is 0. The Morgan fingerprint density at radius 3 is 2.51 bits per heavy atom. The summed E-state index contributed by atoms with van der Waals surface area (Å²) in [6.45, 7) is 12.3. The van der Waals surface area contributed by atoms with E-state index in [0.717, 1.165) is 5.69 Å². The van der Waals surface area contributed by atoms with Crippen LogP contribution in [0.15, 0.2) is 42.9 Å². The number of nitrogens with zero attached hydrogens (tertiary/aromatic N) is 6. The number of hydrogen-bond acceptors (Lipinski definition) is 7. The first-order valence-corrected chi connectivity index (χ1v) is 13.4. The Labute approximate surface area is 237 Å². The summed E-state index contributed by atoms with van der Waals surface area (Å²) in [6, 6.07) is 8.25. The normalized spacial score (nSPS) is 17.5. The van der Waals surface area contributed by atoms with Crippen molar-refractivity contribution in [2.45, 2.75) is 59.2 Å². The van der Waals surface area contributed by atoms with Crippen molar-refractivity contribution in [3.8, 4) is 6.07 Å². The van der Waals surface area contributed by atoms with Crippen molar-refractivity contribution in [3.05, 3.63) is 65.5 Å². The van der Waals surface area contributed by atoms with Gasteiger partial charge < -0.3 is 19.4 Å². The zero-order valence-corrected chi connectivity index (χ0v) is 23.9. The number of aromatic nitrogens is 3. The van der Waals surface area contributed by atoms with Gasteiger partial charge in [0.05, 0.1) is 40.1 Å². The van der Waals surface area contributed by atoms with Crippen LogP contribution in [0.2, 0.25) is 0 Å². The Balaban J connectivity index is 1.47. The number of aryl methyl sites for hydroxylation is 1. The lowest BCUT2D eigenvalue weighted by Gasteiger charge is -2.45. The molecular weight excluding hydrogens is 525 g/mol. The number of fused-ring (bicyclic) bond motifs is 2. The van der Waals surface area contributed by atoms with Crippen molar-refractivity contribution in [3.63, 3.8) is 0 Å². The number of ether oxygens (including phenoxy) is 1. The molecule has 0 spiro atoms. The average molecular weight is 558 g/mol. The molecule has 1 aromatic carbocycles. The minimum absolute atomic E-state index is 0.157. The number of benzene rings is 1. The highest BCUT2D eigenvalue weighted by atomic mass is 19.1. The summed E-state index contributed by atoms with van der Waals surface area (Å²) < 4.78 is 21.8. The smallest absolute Gasteiger partial charge is 0.410 e. The van der Waals surface area contributed by atoms with Gasteiger partial charge in [-0.2, -0.15) is 5.26 Å². The van der Waals surface area contributed by atoms with E-state index in [0.29, 0.717) is 35.2 Å². The van der Waals surface area contributed by atoms with Crippen LogP contribution in [0.5, 0.6) is 0 Å². The number of hydrogen-bond donors (Lipinski definition) is 1. The molecule has 1 aliphatic heterocycles. The van der Waals surface area contributed by atoms with Gasteiger partial charge in [0.15, 0.2) is 11.5 Å². The fraction of sp³-hybridized carbons (Fsp3) is 0.367. The second-order valence-corrected chi connectivity index (χ2v) is 11.5. The third-order valence-electron chi connectivity index (χ3n) is 6.95. The van der Waals surface area contributed by atoms with Crippen LogP contribution in [0.4, 0.5) is 20.6 Å². The van der Waals surface area contributed by atoms with Gasteiger partial charge in [0.25, 0.3) is 5.91 Å². The van der Waals surface area contributed by atoms with Gasteiger partial charge in [-0.25, -0.2) is 14.2 Å². The molecule has 0 aliphatic carbocycles. The van der Waals surface area contributed by atoms with Crippen LogP contribution in [-0.2, 0) is 4.74 Å². The van der Waals surface area contributed by atoms with E-state index in [9.17, 15) is 19.2 Å². The minimum Gasteiger partial charge on any atom is -0.444 e. The monoisotopic (exact) mass is 557 g/mol. The first-order chi connectivity index (χ1) is 19.3. The zero-order chi connectivity index (χ0) is 29.6. The van der Waals surface area contributed by atoms with Gasteiger partial charge in [-0.05, 0) is 59.7 Å². The lowest BCUT2D eigenvalue weighted by Crippen LogP contribution is -2.59. The van der Waals surface area contributed by atoms with E-state index in [1.807, 2.05) is 40.7 Å². The molecule has 41 heavy (non-hydrogen) atoms. The Bertz CT molecular complexity index is 1710. The predicted molar refractivity (Wildman–Crippen MR) is 154 cm³/mol. The van der Waals surface area contributed by atoms with Crippen molar-refractivity contribution in [1.29, 1.82) is 5.26 Å². The molecule has 2 atom stereocenters.